The number of hydrogen-bond donors (Lipinski definition) is 1. The first kappa shape index (κ1) is 17.1. The van der Waals surface area contributed by atoms with E-state index >= 15 is 0 Å². The molecule has 1 N–H and O–H groups in total. The summed E-state index contributed by atoms with van der Waals surface area (Å²) in [5.41, 5.74) is 5.61. The second-order valence-corrected chi connectivity index (χ2v) is 6.62. The molecule has 0 aliphatic heterocycles. The predicted octanol–water partition coefficient (Wildman–Crippen LogP) is 4.12. The van der Waals surface area contributed by atoms with Crippen molar-refractivity contribution in [1.82, 2.24) is 30.2 Å². The van der Waals surface area contributed by atoms with E-state index < -0.39 is 0 Å². The number of nitrogens with zero attached hydrogens (tertiary/aromatic N) is 5. The van der Waals surface area contributed by atoms with Crippen LogP contribution in [0.1, 0.15) is 31.0 Å². The first-order chi connectivity index (χ1) is 13.3. The molecule has 6 nitrogen and oxygen atoms in total. The van der Waals surface area contributed by atoms with Gasteiger partial charge in [-0.1, -0.05) is 61.9 Å². The Bertz CT molecular complexity index is 986. The molecule has 0 bridgehead atoms. The van der Waals surface area contributed by atoms with Gasteiger partial charge in [-0.2, -0.15) is 5.21 Å². The molecule has 2 aromatic heterocycles. The largest absolute Gasteiger partial charge is 0.333 e. The molecule has 0 spiro atoms. The van der Waals surface area contributed by atoms with E-state index in [2.05, 4.69) is 73.6 Å². The minimum absolute atomic E-state index is 0.604. The standard InChI is InChI=1S/C21H22N6/c1-2-3-6-18-14-27(15-22-18)13-16-9-11-17(12-10-16)19-7-4-5-8-20(19)21-23-25-26-24-21/h4-5,7-12,14-15H,2-3,6,13H2,1H3,(H,23,24,25,26). The predicted molar refractivity (Wildman–Crippen MR) is 105 cm³/mol. The summed E-state index contributed by atoms with van der Waals surface area (Å²) < 4.78 is 2.15. The van der Waals surface area contributed by atoms with Crippen LogP contribution in [0, 0.1) is 0 Å². The summed E-state index contributed by atoms with van der Waals surface area (Å²) >= 11 is 0. The van der Waals surface area contributed by atoms with Crippen LogP contribution in [0.4, 0.5) is 0 Å². The zero-order valence-corrected chi connectivity index (χ0v) is 15.3. The summed E-state index contributed by atoms with van der Waals surface area (Å²) in [6.07, 6.45) is 7.50. The first-order valence-corrected chi connectivity index (χ1v) is 9.26. The number of tetrazole rings is 1. The van der Waals surface area contributed by atoms with E-state index in [0.717, 1.165) is 29.7 Å². The van der Waals surface area contributed by atoms with E-state index in [1.165, 1.54) is 24.1 Å². The van der Waals surface area contributed by atoms with Crippen molar-refractivity contribution >= 4 is 0 Å². The quantitative estimate of drug-likeness (QED) is 0.539. The number of rotatable bonds is 7. The van der Waals surface area contributed by atoms with Crippen LogP contribution in [0.2, 0.25) is 0 Å². The molecule has 0 saturated carbocycles. The van der Waals surface area contributed by atoms with Crippen LogP contribution in [0.15, 0.2) is 61.1 Å². The van der Waals surface area contributed by atoms with Gasteiger partial charge in [-0.25, -0.2) is 4.98 Å². The number of imidazole rings is 1. The summed E-state index contributed by atoms with van der Waals surface area (Å²) in [5.74, 6) is 0.604. The number of benzene rings is 2. The second-order valence-electron chi connectivity index (χ2n) is 6.62. The van der Waals surface area contributed by atoms with Crippen LogP contribution < -0.4 is 0 Å². The molecule has 6 heteroatoms. The average Bonchev–Trinajstić information content (AvgIpc) is 3.39. The van der Waals surface area contributed by atoms with E-state index in [1.807, 2.05) is 24.5 Å². The third kappa shape index (κ3) is 3.95. The Morgan fingerprint density at radius 1 is 1.00 bits per heavy atom. The molecule has 0 unspecified atom stereocenters. The Balaban J connectivity index is 1.52. The third-order valence-electron chi connectivity index (χ3n) is 4.62. The lowest BCUT2D eigenvalue weighted by Crippen LogP contribution is -1.96. The van der Waals surface area contributed by atoms with Crippen LogP contribution in [0.3, 0.4) is 0 Å². The van der Waals surface area contributed by atoms with Crippen molar-refractivity contribution in [3.05, 3.63) is 72.3 Å². The van der Waals surface area contributed by atoms with Gasteiger partial charge >= 0.3 is 0 Å². The van der Waals surface area contributed by atoms with Crippen molar-refractivity contribution in [3.63, 3.8) is 0 Å². The van der Waals surface area contributed by atoms with Gasteiger partial charge in [0.15, 0.2) is 0 Å². The van der Waals surface area contributed by atoms with Gasteiger partial charge in [0, 0.05) is 18.3 Å². The maximum Gasteiger partial charge on any atom is 0.205 e. The first-order valence-electron chi connectivity index (χ1n) is 9.26. The van der Waals surface area contributed by atoms with E-state index in [1.54, 1.807) is 0 Å². The van der Waals surface area contributed by atoms with Crippen molar-refractivity contribution < 1.29 is 0 Å². The van der Waals surface area contributed by atoms with Gasteiger partial charge in [0.25, 0.3) is 0 Å². The number of aryl methyl sites for hydroxylation is 1. The smallest absolute Gasteiger partial charge is 0.205 e. The van der Waals surface area contributed by atoms with E-state index in [9.17, 15) is 0 Å². The zero-order chi connectivity index (χ0) is 18.5. The lowest BCUT2D eigenvalue weighted by Gasteiger charge is -2.08. The summed E-state index contributed by atoms with van der Waals surface area (Å²) in [6, 6.07) is 16.7. The van der Waals surface area contributed by atoms with Crippen molar-refractivity contribution in [2.75, 3.05) is 0 Å². The highest BCUT2D eigenvalue weighted by Crippen LogP contribution is 2.29. The molecule has 0 radical (unpaired) electrons. The molecule has 4 rings (SSSR count). The summed E-state index contributed by atoms with van der Waals surface area (Å²) in [4.78, 5) is 4.50. The molecular weight excluding hydrogens is 336 g/mol. The van der Waals surface area contributed by atoms with Crippen LogP contribution >= 0.6 is 0 Å². The van der Waals surface area contributed by atoms with Crippen LogP contribution in [0.5, 0.6) is 0 Å². The van der Waals surface area contributed by atoms with Gasteiger partial charge in [-0.3, -0.25) is 0 Å². The molecule has 136 valence electrons. The molecule has 0 atom stereocenters. The highest BCUT2D eigenvalue weighted by Gasteiger charge is 2.10. The minimum Gasteiger partial charge on any atom is -0.333 e. The van der Waals surface area contributed by atoms with Crippen molar-refractivity contribution in [3.8, 4) is 22.5 Å². The molecule has 27 heavy (non-hydrogen) atoms. The van der Waals surface area contributed by atoms with Gasteiger partial charge in [-0.15, -0.1) is 10.2 Å². The average molecular weight is 358 g/mol. The van der Waals surface area contributed by atoms with Crippen molar-refractivity contribution in [1.29, 1.82) is 0 Å². The highest BCUT2D eigenvalue weighted by atomic mass is 15.5. The number of hydrogen-bond acceptors (Lipinski definition) is 4. The van der Waals surface area contributed by atoms with Gasteiger partial charge < -0.3 is 4.57 Å². The minimum atomic E-state index is 0.604. The number of unbranched alkanes of at least 4 members (excludes halogenated alkanes) is 1. The molecule has 4 aromatic rings. The molecule has 0 aliphatic rings. The van der Waals surface area contributed by atoms with Gasteiger partial charge in [0.1, 0.15) is 0 Å². The maximum absolute atomic E-state index is 4.50. The third-order valence-corrected chi connectivity index (χ3v) is 4.62. The number of H-pyrrole nitrogens is 1. The Kier molecular flexibility index (Phi) is 5.05. The Hall–Kier alpha value is -3.28. The summed E-state index contributed by atoms with van der Waals surface area (Å²) in [5, 5.41) is 14.4. The van der Waals surface area contributed by atoms with Crippen molar-refractivity contribution in [2.24, 2.45) is 0 Å². The van der Waals surface area contributed by atoms with Crippen LogP contribution in [-0.4, -0.2) is 30.2 Å². The molecule has 2 heterocycles. The number of aromatic nitrogens is 6. The Morgan fingerprint density at radius 2 is 1.81 bits per heavy atom. The number of nitrogens with one attached hydrogen (secondary N) is 1. The fraction of sp³-hybridized carbons (Fsp3) is 0.238. The molecule has 0 fully saturated rings. The van der Waals surface area contributed by atoms with Crippen molar-refractivity contribution in [2.45, 2.75) is 32.7 Å². The number of aromatic amines is 1. The molecule has 0 aliphatic carbocycles. The van der Waals surface area contributed by atoms with Gasteiger partial charge in [0.05, 0.1) is 12.0 Å². The monoisotopic (exact) mass is 358 g/mol. The van der Waals surface area contributed by atoms with Crippen LogP contribution in [0.25, 0.3) is 22.5 Å². The topological polar surface area (TPSA) is 72.3 Å². The summed E-state index contributed by atoms with van der Waals surface area (Å²) in [6.45, 7) is 3.03. The molecule has 2 aromatic carbocycles. The normalized spacial score (nSPS) is 11.0. The Labute approximate surface area is 158 Å². The van der Waals surface area contributed by atoms with E-state index in [4.69, 9.17) is 0 Å². The lowest BCUT2D eigenvalue weighted by atomic mass is 9.98. The SMILES string of the molecule is CCCCc1cn(Cc2ccc(-c3ccccc3-c3nn[nH]n3)cc2)cn1. The summed E-state index contributed by atoms with van der Waals surface area (Å²) in [7, 11) is 0. The van der Waals surface area contributed by atoms with Gasteiger partial charge in [-0.05, 0) is 34.7 Å². The molecule has 0 saturated heterocycles. The fourth-order valence-electron chi connectivity index (χ4n) is 3.19. The molecular formula is C21H22N6. The molecule has 0 amide bonds. The van der Waals surface area contributed by atoms with Gasteiger partial charge in [0.2, 0.25) is 5.82 Å². The zero-order valence-electron chi connectivity index (χ0n) is 15.3. The second kappa shape index (κ2) is 7.95. The highest BCUT2D eigenvalue weighted by molar-refractivity contribution is 5.80. The Morgan fingerprint density at radius 3 is 2.56 bits per heavy atom. The maximum atomic E-state index is 4.50. The van der Waals surface area contributed by atoms with E-state index in [-0.39, 0.29) is 0 Å². The van der Waals surface area contributed by atoms with E-state index in [0.29, 0.717) is 5.82 Å². The fourth-order valence-corrected chi connectivity index (χ4v) is 3.19. The van der Waals surface area contributed by atoms with Crippen LogP contribution in [-0.2, 0) is 13.0 Å². The lowest BCUT2D eigenvalue weighted by molar-refractivity contribution is 0.773.